The Labute approximate surface area is 104 Å². The quantitative estimate of drug-likeness (QED) is 0.409. The van der Waals surface area contributed by atoms with Gasteiger partial charge in [-0.1, -0.05) is 13.3 Å². The number of carbonyl (C=O) groups is 1. The zero-order chi connectivity index (χ0) is 13.1. The van der Waals surface area contributed by atoms with Gasteiger partial charge < -0.3 is 20.8 Å². The molecule has 0 bridgehead atoms. The van der Waals surface area contributed by atoms with Crippen LogP contribution in [-0.2, 0) is 4.79 Å². The molecule has 0 spiro atoms. The smallest absolute Gasteiger partial charge is 0.222 e. The minimum absolute atomic E-state index is 0.0698. The second-order valence-electron chi connectivity index (χ2n) is 4.34. The monoisotopic (exact) mass is 246 g/mol. The van der Waals surface area contributed by atoms with Gasteiger partial charge in [0.2, 0.25) is 5.91 Å². The summed E-state index contributed by atoms with van der Waals surface area (Å²) in [4.78, 5) is 11.4. The van der Waals surface area contributed by atoms with Gasteiger partial charge in [-0.3, -0.25) is 4.79 Å². The Balaban J connectivity index is 3.62. The van der Waals surface area contributed by atoms with E-state index in [0.717, 1.165) is 12.8 Å². The van der Waals surface area contributed by atoms with Crippen LogP contribution < -0.4 is 10.6 Å². The molecule has 0 rings (SSSR count). The third-order valence-corrected chi connectivity index (χ3v) is 2.55. The molecule has 5 nitrogen and oxygen atoms in total. The Morgan fingerprint density at radius 3 is 2.53 bits per heavy atom. The van der Waals surface area contributed by atoms with Crippen molar-refractivity contribution in [2.45, 2.75) is 51.2 Å². The maximum atomic E-state index is 11.4. The van der Waals surface area contributed by atoms with E-state index in [4.69, 9.17) is 0 Å². The van der Waals surface area contributed by atoms with Crippen molar-refractivity contribution in [1.29, 1.82) is 0 Å². The van der Waals surface area contributed by atoms with Gasteiger partial charge in [0.15, 0.2) is 0 Å². The van der Waals surface area contributed by atoms with Gasteiger partial charge in [-0.25, -0.2) is 0 Å². The van der Waals surface area contributed by atoms with E-state index < -0.39 is 12.2 Å². The minimum Gasteiger partial charge on any atom is -0.393 e. The van der Waals surface area contributed by atoms with E-state index >= 15 is 0 Å². The van der Waals surface area contributed by atoms with Crippen LogP contribution in [0.1, 0.15) is 39.0 Å². The average molecular weight is 246 g/mol. The number of aliphatic hydroxyl groups is 2. The van der Waals surface area contributed by atoms with Crippen LogP contribution in [-0.4, -0.2) is 48.5 Å². The van der Waals surface area contributed by atoms with Crippen molar-refractivity contribution in [3.05, 3.63) is 0 Å². The number of hydrogen-bond donors (Lipinski definition) is 4. The molecule has 17 heavy (non-hydrogen) atoms. The molecule has 5 heteroatoms. The number of hydrogen-bond acceptors (Lipinski definition) is 4. The maximum absolute atomic E-state index is 11.4. The van der Waals surface area contributed by atoms with E-state index in [1.54, 1.807) is 0 Å². The topological polar surface area (TPSA) is 81.6 Å². The van der Waals surface area contributed by atoms with Gasteiger partial charge in [-0.05, 0) is 32.9 Å². The standard InChI is InChI=1S/C12H26N2O3/c1-3-4-6-14-12(17)9-11(16)8-10(15)5-7-13-2/h10-11,13,15-16H,3-9H2,1-2H3,(H,14,17)/t10-,11-/m1/s1. The number of unbranched alkanes of at least 4 members (excludes halogenated alkanes) is 1. The van der Waals surface area contributed by atoms with Gasteiger partial charge in [-0.2, -0.15) is 0 Å². The Bertz CT molecular complexity index is 200. The van der Waals surface area contributed by atoms with Crippen molar-refractivity contribution in [2.24, 2.45) is 0 Å². The zero-order valence-electron chi connectivity index (χ0n) is 10.9. The Kier molecular flexibility index (Phi) is 10.1. The summed E-state index contributed by atoms with van der Waals surface area (Å²) in [5, 5.41) is 24.8. The fraction of sp³-hybridized carbons (Fsp3) is 0.917. The first-order chi connectivity index (χ1) is 8.10. The molecular weight excluding hydrogens is 220 g/mol. The maximum Gasteiger partial charge on any atom is 0.222 e. The van der Waals surface area contributed by atoms with E-state index in [-0.39, 0.29) is 18.7 Å². The molecule has 0 radical (unpaired) electrons. The highest BCUT2D eigenvalue weighted by Gasteiger charge is 2.14. The SMILES string of the molecule is CCCCNC(=O)C[C@H](O)C[C@H](O)CCNC. The molecule has 0 heterocycles. The summed E-state index contributed by atoms with van der Waals surface area (Å²) in [5.74, 6) is -0.147. The molecule has 1 amide bonds. The first kappa shape index (κ1) is 16.4. The highest BCUT2D eigenvalue weighted by molar-refractivity contribution is 5.76. The predicted molar refractivity (Wildman–Crippen MR) is 67.7 cm³/mol. The molecular formula is C12H26N2O3. The van der Waals surface area contributed by atoms with Crippen molar-refractivity contribution in [3.63, 3.8) is 0 Å². The first-order valence-corrected chi connectivity index (χ1v) is 6.37. The van der Waals surface area contributed by atoms with E-state index in [1.165, 1.54) is 0 Å². The molecule has 0 aliphatic carbocycles. The second kappa shape index (κ2) is 10.5. The van der Waals surface area contributed by atoms with Crippen LogP contribution in [0.2, 0.25) is 0 Å². The number of aliphatic hydroxyl groups excluding tert-OH is 2. The minimum atomic E-state index is -0.761. The van der Waals surface area contributed by atoms with Crippen molar-refractivity contribution in [2.75, 3.05) is 20.1 Å². The van der Waals surface area contributed by atoms with Crippen LogP contribution in [0.25, 0.3) is 0 Å². The highest BCUT2D eigenvalue weighted by atomic mass is 16.3. The first-order valence-electron chi connectivity index (χ1n) is 6.37. The van der Waals surface area contributed by atoms with Gasteiger partial charge in [0.05, 0.1) is 18.6 Å². The molecule has 0 saturated carbocycles. The van der Waals surface area contributed by atoms with Crippen LogP contribution in [0.4, 0.5) is 0 Å². The molecule has 0 fully saturated rings. The normalized spacial score (nSPS) is 14.4. The summed E-state index contributed by atoms with van der Waals surface area (Å²) >= 11 is 0. The lowest BCUT2D eigenvalue weighted by atomic mass is 10.1. The summed E-state index contributed by atoms with van der Waals surface area (Å²) in [6.07, 6.45) is 1.58. The van der Waals surface area contributed by atoms with Crippen molar-refractivity contribution >= 4 is 5.91 Å². The van der Waals surface area contributed by atoms with E-state index in [0.29, 0.717) is 19.5 Å². The summed E-state index contributed by atoms with van der Waals surface area (Å²) in [7, 11) is 1.81. The lowest BCUT2D eigenvalue weighted by Crippen LogP contribution is -2.30. The highest BCUT2D eigenvalue weighted by Crippen LogP contribution is 2.05. The molecule has 4 N–H and O–H groups in total. The molecule has 0 unspecified atom stereocenters. The molecule has 0 saturated heterocycles. The van der Waals surface area contributed by atoms with Gasteiger partial charge in [-0.15, -0.1) is 0 Å². The van der Waals surface area contributed by atoms with Crippen LogP contribution in [0, 0.1) is 0 Å². The molecule has 0 aliphatic heterocycles. The molecule has 0 aromatic rings. The number of rotatable bonds is 10. The number of carbonyl (C=O) groups excluding carboxylic acids is 1. The summed E-state index contributed by atoms with van der Waals surface area (Å²) in [6.45, 7) is 3.42. The fourth-order valence-corrected chi connectivity index (χ4v) is 1.52. The van der Waals surface area contributed by atoms with E-state index in [9.17, 15) is 15.0 Å². The summed E-state index contributed by atoms with van der Waals surface area (Å²) < 4.78 is 0. The van der Waals surface area contributed by atoms with Gasteiger partial charge in [0, 0.05) is 6.54 Å². The molecule has 0 aromatic carbocycles. The Morgan fingerprint density at radius 2 is 1.94 bits per heavy atom. The van der Waals surface area contributed by atoms with Crippen LogP contribution in [0.3, 0.4) is 0 Å². The van der Waals surface area contributed by atoms with E-state index in [2.05, 4.69) is 17.6 Å². The van der Waals surface area contributed by atoms with Crippen LogP contribution in [0.5, 0.6) is 0 Å². The fourth-order valence-electron chi connectivity index (χ4n) is 1.52. The summed E-state index contributed by atoms with van der Waals surface area (Å²) in [5.41, 5.74) is 0. The average Bonchev–Trinajstić information content (AvgIpc) is 2.26. The molecule has 0 aliphatic rings. The number of amides is 1. The predicted octanol–water partition coefficient (Wildman–Crippen LogP) is 0.0142. The largest absolute Gasteiger partial charge is 0.393 e. The summed E-state index contributed by atoms with van der Waals surface area (Å²) in [6, 6.07) is 0. The molecule has 0 aromatic heterocycles. The van der Waals surface area contributed by atoms with Gasteiger partial charge in [0.25, 0.3) is 0 Å². The lowest BCUT2D eigenvalue weighted by Gasteiger charge is -2.15. The van der Waals surface area contributed by atoms with Gasteiger partial charge in [0.1, 0.15) is 0 Å². The van der Waals surface area contributed by atoms with Crippen molar-refractivity contribution < 1.29 is 15.0 Å². The second-order valence-corrected chi connectivity index (χ2v) is 4.34. The molecule has 102 valence electrons. The lowest BCUT2D eigenvalue weighted by molar-refractivity contribution is -0.123. The van der Waals surface area contributed by atoms with Gasteiger partial charge >= 0.3 is 0 Å². The van der Waals surface area contributed by atoms with Crippen LogP contribution in [0.15, 0.2) is 0 Å². The van der Waals surface area contributed by atoms with E-state index in [1.807, 2.05) is 7.05 Å². The zero-order valence-corrected chi connectivity index (χ0v) is 10.9. The third-order valence-electron chi connectivity index (χ3n) is 2.55. The number of nitrogens with one attached hydrogen (secondary N) is 2. The Morgan fingerprint density at radius 1 is 1.24 bits per heavy atom. The van der Waals surface area contributed by atoms with Crippen molar-refractivity contribution in [3.8, 4) is 0 Å². The Hall–Kier alpha value is -0.650. The van der Waals surface area contributed by atoms with Crippen LogP contribution >= 0.6 is 0 Å². The molecule has 2 atom stereocenters. The van der Waals surface area contributed by atoms with Crippen molar-refractivity contribution in [1.82, 2.24) is 10.6 Å². The third kappa shape index (κ3) is 10.2.